The molecule has 0 spiro atoms. The molecular weight excluding hydrogens is 532 g/mol. The molecule has 0 aromatic carbocycles. The standard InChI is InChI=1S/C32H54N6O4/c1-21(37-25(31(9,10)11)19-23(33-37)29(3,4)5)41-27(39)35-15-17-36(18-16-35)28(40)42-22(2)38-26(32(12,13)14)20-24(34-38)30(6,7)8/h19-22H,15-18H2,1-14H3/t21-,22-/m1/s1. The van der Waals surface area contributed by atoms with E-state index in [4.69, 9.17) is 19.7 Å². The summed E-state index contributed by atoms with van der Waals surface area (Å²) in [6.45, 7) is 30.6. The molecule has 42 heavy (non-hydrogen) atoms. The number of amides is 2. The highest BCUT2D eigenvalue weighted by Gasteiger charge is 2.33. The summed E-state index contributed by atoms with van der Waals surface area (Å²) in [5, 5.41) is 9.63. The molecule has 3 heterocycles. The van der Waals surface area contributed by atoms with Crippen LogP contribution in [0.4, 0.5) is 9.59 Å². The Balaban J connectivity index is 1.63. The summed E-state index contributed by atoms with van der Waals surface area (Å²) in [7, 11) is 0. The number of carbonyl (C=O) groups is 2. The van der Waals surface area contributed by atoms with E-state index in [2.05, 4.69) is 95.2 Å². The number of hydrogen-bond acceptors (Lipinski definition) is 6. The van der Waals surface area contributed by atoms with Crippen LogP contribution in [0.25, 0.3) is 0 Å². The molecule has 1 fully saturated rings. The van der Waals surface area contributed by atoms with E-state index < -0.39 is 24.6 Å². The molecule has 2 amide bonds. The zero-order valence-corrected chi connectivity index (χ0v) is 28.5. The topological polar surface area (TPSA) is 94.7 Å². The van der Waals surface area contributed by atoms with Gasteiger partial charge in [0, 0.05) is 59.2 Å². The minimum absolute atomic E-state index is 0.127. The number of nitrogens with zero attached hydrogens (tertiary/aromatic N) is 6. The molecule has 1 aliphatic rings. The molecule has 0 unspecified atom stereocenters. The Morgan fingerprint density at radius 1 is 0.595 bits per heavy atom. The van der Waals surface area contributed by atoms with Crippen molar-refractivity contribution in [1.29, 1.82) is 0 Å². The predicted molar refractivity (Wildman–Crippen MR) is 165 cm³/mol. The van der Waals surface area contributed by atoms with Crippen LogP contribution in [0.5, 0.6) is 0 Å². The highest BCUT2D eigenvalue weighted by Crippen LogP contribution is 2.32. The van der Waals surface area contributed by atoms with Gasteiger partial charge in [0.25, 0.3) is 0 Å². The van der Waals surface area contributed by atoms with Crippen LogP contribution in [-0.4, -0.2) is 67.7 Å². The first-order chi connectivity index (χ1) is 19.0. The number of aromatic nitrogens is 4. The summed E-state index contributed by atoms with van der Waals surface area (Å²) in [5.41, 5.74) is 3.34. The monoisotopic (exact) mass is 586 g/mol. The summed E-state index contributed by atoms with van der Waals surface area (Å²) in [6.07, 6.45) is -1.98. The van der Waals surface area contributed by atoms with Gasteiger partial charge in [-0.15, -0.1) is 0 Å². The molecule has 2 aromatic heterocycles. The van der Waals surface area contributed by atoms with Crippen molar-refractivity contribution in [3.63, 3.8) is 0 Å². The average molecular weight is 587 g/mol. The lowest BCUT2D eigenvalue weighted by molar-refractivity contribution is 0.00350. The summed E-state index contributed by atoms with van der Waals surface area (Å²) >= 11 is 0. The van der Waals surface area contributed by atoms with Crippen molar-refractivity contribution >= 4 is 12.2 Å². The Morgan fingerprint density at radius 3 is 1.12 bits per heavy atom. The molecule has 2 aromatic rings. The van der Waals surface area contributed by atoms with Gasteiger partial charge in [-0.1, -0.05) is 83.1 Å². The predicted octanol–water partition coefficient (Wildman–Crippen LogP) is 6.90. The number of ether oxygens (including phenoxy) is 2. The second kappa shape index (κ2) is 11.6. The largest absolute Gasteiger partial charge is 0.424 e. The quantitative estimate of drug-likeness (QED) is 0.387. The lowest BCUT2D eigenvalue weighted by Gasteiger charge is -2.35. The van der Waals surface area contributed by atoms with Gasteiger partial charge in [-0.05, 0) is 26.0 Å². The normalized spacial score (nSPS) is 16.8. The van der Waals surface area contributed by atoms with E-state index in [1.165, 1.54) is 0 Å². The van der Waals surface area contributed by atoms with Crippen LogP contribution >= 0.6 is 0 Å². The molecule has 0 radical (unpaired) electrons. The van der Waals surface area contributed by atoms with Crippen molar-refractivity contribution in [3.05, 3.63) is 34.9 Å². The summed E-state index contributed by atoms with van der Waals surface area (Å²) < 4.78 is 15.4. The fourth-order valence-corrected chi connectivity index (χ4v) is 4.81. The van der Waals surface area contributed by atoms with Gasteiger partial charge in [0.15, 0.2) is 12.5 Å². The minimum atomic E-state index is -0.573. The number of piperazine rings is 1. The van der Waals surface area contributed by atoms with E-state index in [-0.39, 0.29) is 21.7 Å². The van der Waals surface area contributed by atoms with Gasteiger partial charge in [0.1, 0.15) is 0 Å². The van der Waals surface area contributed by atoms with E-state index in [0.717, 1.165) is 22.8 Å². The zero-order valence-electron chi connectivity index (χ0n) is 28.5. The van der Waals surface area contributed by atoms with Crippen molar-refractivity contribution in [2.75, 3.05) is 26.2 Å². The minimum Gasteiger partial charge on any atom is -0.424 e. The van der Waals surface area contributed by atoms with Gasteiger partial charge in [-0.2, -0.15) is 10.2 Å². The molecule has 10 heteroatoms. The van der Waals surface area contributed by atoms with Crippen LogP contribution in [-0.2, 0) is 31.1 Å². The van der Waals surface area contributed by atoms with E-state index in [1.54, 1.807) is 9.80 Å². The Kier molecular flexibility index (Phi) is 9.21. The van der Waals surface area contributed by atoms with Crippen LogP contribution in [0.15, 0.2) is 12.1 Å². The van der Waals surface area contributed by atoms with Crippen molar-refractivity contribution in [2.45, 2.75) is 131 Å². The smallest absolute Gasteiger partial charge is 0.411 e. The van der Waals surface area contributed by atoms with Gasteiger partial charge in [-0.25, -0.2) is 19.0 Å². The Morgan fingerprint density at radius 2 is 0.881 bits per heavy atom. The number of rotatable bonds is 4. The third-order valence-corrected chi connectivity index (χ3v) is 7.57. The lowest BCUT2D eigenvalue weighted by atomic mass is 9.88. The fourth-order valence-electron chi connectivity index (χ4n) is 4.81. The van der Waals surface area contributed by atoms with Crippen molar-refractivity contribution in [2.24, 2.45) is 0 Å². The maximum Gasteiger partial charge on any atom is 0.411 e. The first-order valence-electron chi connectivity index (χ1n) is 15.1. The molecule has 1 aliphatic heterocycles. The molecule has 2 atom stereocenters. The second-order valence-electron chi connectivity index (χ2n) is 15.7. The van der Waals surface area contributed by atoms with E-state index >= 15 is 0 Å². The summed E-state index contributed by atoms with van der Waals surface area (Å²) in [5.74, 6) is 0. The highest BCUT2D eigenvalue weighted by atomic mass is 16.6. The maximum atomic E-state index is 13.1. The third kappa shape index (κ3) is 7.67. The molecule has 1 saturated heterocycles. The molecule has 0 aliphatic carbocycles. The van der Waals surface area contributed by atoms with Gasteiger partial charge in [-0.3, -0.25) is 0 Å². The SMILES string of the molecule is C[C@@H](OC(=O)N1CCN(C(=O)O[C@H](C)n2nc(C(C)(C)C)cc2C(C)(C)C)CC1)n1nc(C(C)(C)C)cc1C(C)(C)C. The lowest BCUT2D eigenvalue weighted by Crippen LogP contribution is -2.51. The van der Waals surface area contributed by atoms with Crippen molar-refractivity contribution in [1.82, 2.24) is 29.4 Å². The van der Waals surface area contributed by atoms with E-state index in [1.807, 2.05) is 23.2 Å². The summed E-state index contributed by atoms with van der Waals surface area (Å²) in [4.78, 5) is 29.5. The zero-order chi connectivity index (χ0) is 32.0. The van der Waals surface area contributed by atoms with Crippen LogP contribution in [0.2, 0.25) is 0 Å². The Labute approximate surface area is 252 Å². The van der Waals surface area contributed by atoms with Crippen LogP contribution in [0.1, 0.15) is 132 Å². The second-order valence-corrected chi connectivity index (χ2v) is 15.7. The first kappa shape index (κ1) is 33.5. The molecule has 236 valence electrons. The molecule has 0 saturated carbocycles. The molecule has 3 rings (SSSR count). The van der Waals surface area contributed by atoms with Crippen LogP contribution < -0.4 is 0 Å². The third-order valence-electron chi connectivity index (χ3n) is 7.57. The molecule has 0 bridgehead atoms. The molecule has 10 nitrogen and oxygen atoms in total. The molecular formula is C32H54N6O4. The van der Waals surface area contributed by atoms with Gasteiger partial charge < -0.3 is 19.3 Å². The summed E-state index contributed by atoms with van der Waals surface area (Å²) in [6, 6.07) is 4.21. The fraction of sp³-hybridized carbons (Fsp3) is 0.750. The molecule has 0 N–H and O–H groups in total. The van der Waals surface area contributed by atoms with Gasteiger partial charge in [0.05, 0.1) is 11.4 Å². The van der Waals surface area contributed by atoms with Crippen molar-refractivity contribution in [3.8, 4) is 0 Å². The number of carbonyl (C=O) groups excluding carboxylic acids is 2. The highest BCUT2D eigenvalue weighted by molar-refractivity contribution is 5.70. The van der Waals surface area contributed by atoms with Crippen LogP contribution in [0.3, 0.4) is 0 Å². The Hall–Kier alpha value is -3.04. The Bertz CT molecular complexity index is 1160. The maximum absolute atomic E-state index is 13.1. The van der Waals surface area contributed by atoms with Crippen LogP contribution in [0, 0.1) is 0 Å². The van der Waals surface area contributed by atoms with Crippen molar-refractivity contribution < 1.29 is 19.1 Å². The van der Waals surface area contributed by atoms with E-state index in [9.17, 15) is 9.59 Å². The van der Waals surface area contributed by atoms with Gasteiger partial charge >= 0.3 is 12.2 Å². The average Bonchev–Trinajstić information content (AvgIpc) is 3.49. The number of hydrogen-bond donors (Lipinski definition) is 0. The van der Waals surface area contributed by atoms with Gasteiger partial charge in [0.2, 0.25) is 0 Å². The van der Waals surface area contributed by atoms with E-state index in [0.29, 0.717) is 26.2 Å². The first-order valence-corrected chi connectivity index (χ1v) is 15.1.